The van der Waals surface area contributed by atoms with E-state index in [2.05, 4.69) is 0 Å². The van der Waals surface area contributed by atoms with Gasteiger partial charge in [-0.05, 0) is 36.2 Å². The zero-order valence-electron chi connectivity index (χ0n) is 15.4. The molecule has 1 aromatic heterocycles. The Labute approximate surface area is 175 Å². The van der Waals surface area contributed by atoms with E-state index in [0.717, 1.165) is 31.9 Å². The van der Waals surface area contributed by atoms with Gasteiger partial charge in [0.15, 0.2) is 5.78 Å². The Kier molecular flexibility index (Phi) is 5.13. The summed E-state index contributed by atoms with van der Waals surface area (Å²) in [5.41, 5.74) is 3.94. The van der Waals surface area contributed by atoms with Crippen LogP contribution in [0.4, 0.5) is 5.69 Å². The van der Waals surface area contributed by atoms with Crippen molar-refractivity contribution >= 4 is 44.6 Å². The molecule has 29 heavy (non-hydrogen) atoms. The number of aromatic nitrogens is 1. The summed E-state index contributed by atoms with van der Waals surface area (Å²) >= 11 is 7.73. The fourth-order valence-corrected chi connectivity index (χ4v) is 4.53. The molecule has 0 unspecified atom stereocenters. The van der Waals surface area contributed by atoms with Crippen molar-refractivity contribution in [1.29, 1.82) is 0 Å². The Hall–Kier alpha value is -3.09. The molecule has 0 aliphatic rings. The fourth-order valence-electron chi connectivity index (χ4n) is 3.21. The first-order chi connectivity index (χ1) is 13.9. The van der Waals surface area contributed by atoms with Gasteiger partial charge < -0.3 is 0 Å². The minimum absolute atomic E-state index is 0.0872. The average Bonchev–Trinajstić information content (AvgIpc) is 3.13. The minimum Gasteiger partial charge on any atom is -0.294 e. The Bertz CT molecular complexity index is 1230. The van der Waals surface area contributed by atoms with E-state index in [4.69, 9.17) is 16.6 Å². The van der Waals surface area contributed by atoms with E-state index in [1.807, 2.05) is 49.4 Å². The quantitative estimate of drug-likeness (QED) is 0.216. The highest BCUT2D eigenvalue weighted by Crippen LogP contribution is 2.33. The SMILES string of the molecule is Cc1c(CC(=O)c2ccc([N+](=O)[O-])cc2Cl)cccc1-c1nc2ccccc2s1. The summed E-state index contributed by atoms with van der Waals surface area (Å²) in [6, 6.07) is 17.7. The minimum atomic E-state index is -0.536. The third-order valence-electron chi connectivity index (χ3n) is 4.79. The molecule has 7 heteroatoms. The lowest BCUT2D eigenvalue weighted by Gasteiger charge is -2.10. The van der Waals surface area contributed by atoms with Crippen LogP contribution in [-0.2, 0) is 6.42 Å². The zero-order chi connectivity index (χ0) is 20.5. The molecule has 0 atom stereocenters. The highest BCUT2D eigenvalue weighted by atomic mass is 35.5. The lowest BCUT2D eigenvalue weighted by molar-refractivity contribution is -0.384. The maximum atomic E-state index is 12.8. The van der Waals surface area contributed by atoms with Gasteiger partial charge in [0.25, 0.3) is 5.69 Å². The van der Waals surface area contributed by atoms with Crippen LogP contribution < -0.4 is 0 Å². The third-order valence-corrected chi connectivity index (χ3v) is 6.17. The summed E-state index contributed by atoms with van der Waals surface area (Å²) in [5, 5.41) is 11.9. The predicted octanol–water partition coefficient (Wildman–Crippen LogP) is 6.26. The third kappa shape index (κ3) is 3.77. The van der Waals surface area contributed by atoms with E-state index in [0.29, 0.717) is 0 Å². The number of halogens is 1. The van der Waals surface area contributed by atoms with Crippen molar-refractivity contribution in [3.63, 3.8) is 0 Å². The molecule has 0 N–H and O–H groups in total. The molecule has 0 amide bonds. The lowest BCUT2D eigenvalue weighted by atomic mass is 9.96. The number of hydrogen-bond acceptors (Lipinski definition) is 5. The Morgan fingerprint density at radius 1 is 1.14 bits per heavy atom. The summed E-state index contributed by atoms with van der Waals surface area (Å²) < 4.78 is 1.11. The number of para-hydroxylation sites is 1. The van der Waals surface area contributed by atoms with Crippen molar-refractivity contribution in [3.05, 3.63) is 92.5 Å². The normalized spacial score (nSPS) is 11.0. The Balaban J connectivity index is 1.65. The number of non-ortho nitro benzene ring substituents is 1. The number of carbonyl (C=O) groups is 1. The molecule has 4 rings (SSSR count). The first kappa shape index (κ1) is 19.2. The highest BCUT2D eigenvalue weighted by Gasteiger charge is 2.18. The number of ketones is 1. The smallest absolute Gasteiger partial charge is 0.270 e. The topological polar surface area (TPSA) is 73.1 Å². The van der Waals surface area contributed by atoms with E-state index in [-0.39, 0.29) is 28.5 Å². The number of benzene rings is 3. The van der Waals surface area contributed by atoms with E-state index >= 15 is 0 Å². The molecule has 0 spiro atoms. The summed E-state index contributed by atoms with van der Waals surface area (Å²) in [6.45, 7) is 1.97. The molecular weight excluding hydrogens is 408 g/mol. The Morgan fingerprint density at radius 3 is 2.66 bits per heavy atom. The fraction of sp³-hybridized carbons (Fsp3) is 0.0909. The predicted molar refractivity (Wildman–Crippen MR) is 116 cm³/mol. The standard InChI is InChI=1S/C22H15ClN2O3S/c1-13-14(11-20(26)17-10-9-15(25(27)28)12-18(17)23)5-4-6-16(13)22-24-19-7-2-3-8-21(19)29-22/h2-10,12H,11H2,1H3. The number of nitrogens with zero attached hydrogens (tertiary/aromatic N) is 2. The molecule has 0 aliphatic heterocycles. The second-order valence-electron chi connectivity index (χ2n) is 6.60. The molecular formula is C22H15ClN2O3S. The van der Waals surface area contributed by atoms with Gasteiger partial charge in [-0.25, -0.2) is 4.98 Å². The first-order valence-electron chi connectivity index (χ1n) is 8.85. The van der Waals surface area contributed by atoms with Crippen molar-refractivity contribution in [1.82, 2.24) is 4.98 Å². The van der Waals surface area contributed by atoms with E-state index < -0.39 is 4.92 Å². The molecule has 0 aliphatic carbocycles. The maximum Gasteiger partial charge on any atom is 0.270 e. The first-order valence-corrected chi connectivity index (χ1v) is 10.0. The number of hydrogen-bond donors (Lipinski definition) is 0. The van der Waals surface area contributed by atoms with Crippen molar-refractivity contribution < 1.29 is 9.72 Å². The van der Waals surface area contributed by atoms with Crippen LogP contribution in [-0.4, -0.2) is 15.7 Å². The number of Topliss-reactive ketones (excluding diaryl/α,β-unsaturated/α-hetero) is 1. The number of fused-ring (bicyclic) bond motifs is 1. The van der Waals surface area contributed by atoms with Crippen LogP contribution in [0.2, 0.25) is 5.02 Å². The average molecular weight is 423 g/mol. The van der Waals surface area contributed by atoms with Gasteiger partial charge in [-0.3, -0.25) is 14.9 Å². The summed E-state index contributed by atoms with van der Waals surface area (Å²) in [6.07, 6.45) is 0.155. The molecule has 0 bridgehead atoms. The van der Waals surface area contributed by atoms with Gasteiger partial charge in [0.1, 0.15) is 5.01 Å². The molecule has 0 saturated carbocycles. The number of rotatable bonds is 5. The van der Waals surface area contributed by atoms with Crippen LogP contribution in [0, 0.1) is 17.0 Å². The van der Waals surface area contributed by atoms with Gasteiger partial charge in [0.2, 0.25) is 0 Å². The lowest BCUT2D eigenvalue weighted by Crippen LogP contribution is -2.06. The van der Waals surface area contributed by atoms with E-state index in [1.165, 1.54) is 18.2 Å². The van der Waals surface area contributed by atoms with Gasteiger partial charge in [-0.1, -0.05) is 41.9 Å². The van der Waals surface area contributed by atoms with Crippen molar-refractivity contribution in [3.8, 4) is 10.6 Å². The van der Waals surface area contributed by atoms with Crippen LogP contribution in [0.1, 0.15) is 21.5 Å². The van der Waals surface area contributed by atoms with Gasteiger partial charge >= 0.3 is 0 Å². The van der Waals surface area contributed by atoms with E-state index in [9.17, 15) is 14.9 Å². The van der Waals surface area contributed by atoms with Crippen LogP contribution in [0.3, 0.4) is 0 Å². The van der Waals surface area contributed by atoms with Crippen LogP contribution in [0.15, 0.2) is 60.7 Å². The van der Waals surface area contributed by atoms with Crippen LogP contribution in [0.5, 0.6) is 0 Å². The Morgan fingerprint density at radius 2 is 1.93 bits per heavy atom. The maximum absolute atomic E-state index is 12.8. The monoisotopic (exact) mass is 422 g/mol. The van der Waals surface area contributed by atoms with Crippen molar-refractivity contribution in [2.24, 2.45) is 0 Å². The largest absolute Gasteiger partial charge is 0.294 e. The zero-order valence-corrected chi connectivity index (χ0v) is 17.0. The molecule has 1 heterocycles. The van der Waals surface area contributed by atoms with Crippen LogP contribution in [0.25, 0.3) is 20.8 Å². The van der Waals surface area contributed by atoms with Crippen molar-refractivity contribution in [2.75, 3.05) is 0 Å². The molecule has 144 valence electrons. The van der Waals surface area contributed by atoms with Gasteiger partial charge in [0.05, 0.1) is 20.2 Å². The highest BCUT2D eigenvalue weighted by molar-refractivity contribution is 7.21. The molecule has 5 nitrogen and oxygen atoms in total. The van der Waals surface area contributed by atoms with E-state index in [1.54, 1.807) is 11.3 Å². The molecule has 0 radical (unpaired) electrons. The number of nitro groups is 1. The summed E-state index contributed by atoms with van der Waals surface area (Å²) in [4.78, 5) is 27.8. The van der Waals surface area contributed by atoms with Crippen LogP contribution >= 0.6 is 22.9 Å². The van der Waals surface area contributed by atoms with Crippen molar-refractivity contribution in [2.45, 2.75) is 13.3 Å². The summed E-state index contributed by atoms with van der Waals surface area (Å²) in [7, 11) is 0. The second kappa shape index (κ2) is 7.73. The molecule has 0 saturated heterocycles. The molecule has 4 aromatic rings. The number of nitro benzene ring substituents is 1. The number of carbonyl (C=O) groups excluding carboxylic acids is 1. The number of thiazole rings is 1. The van der Waals surface area contributed by atoms with Gasteiger partial charge in [-0.15, -0.1) is 11.3 Å². The molecule has 3 aromatic carbocycles. The molecule has 0 fully saturated rings. The van der Waals surface area contributed by atoms with Gasteiger partial charge in [-0.2, -0.15) is 0 Å². The van der Waals surface area contributed by atoms with Gasteiger partial charge in [0, 0.05) is 29.7 Å². The summed E-state index contributed by atoms with van der Waals surface area (Å²) in [5.74, 6) is -0.186. The second-order valence-corrected chi connectivity index (χ2v) is 8.04.